The Kier molecular flexibility index (Phi) is 11.6. The van der Waals surface area contributed by atoms with E-state index in [1.165, 1.54) is 0 Å². The number of nitrogens with two attached hydrogens (primary N) is 6. The molecule has 2 saturated heterocycles. The Morgan fingerprint density at radius 1 is 0.619 bits per heavy atom. The van der Waals surface area contributed by atoms with Crippen LogP contribution in [-0.2, 0) is 9.59 Å². The molecule has 4 fully saturated rings. The van der Waals surface area contributed by atoms with E-state index in [4.69, 9.17) is 57.6 Å². The second-order valence-electron chi connectivity index (χ2n) is 12.0. The monoisotopic (exact) mass is 631 g/mol. The maximum Gasteiger partial charge on any atom is 0.246 e. The highest BCUT2D eigenvalue weighted by Gasteiger charge is 2.38. The van der Waals surface area contributed by atoms with Crippen LogP contribution in [0.4, 0.5) is 0 Å². The van der Waals surface area contributed by atoms with Gasteiger partial charge in [0.15, 0.2) is 11.9 Å². The first-order valence-electron chi connectivity index (χ1n) is 14.8. The van der Waals surface area contributed by atoms with Gasteiger partial charge in [-0.05, 0) is 69.6 Å². The Bertz CT molecular complexity index is 925. The van der Waals surface area contributed by atoms with Crippen molar-refractivity contribution in [3.63, 3.8) is 0 Å². The molecule has 42 heavy (non-hydrogen) atoms. The van der Waals surface area contributed by atoms with Crippen LogP contribution in [0.5, 0.6) is 0 Å². The van der Waals surface area contributed by atoms with E-state index in [-0.39, 0.29) is 36.0 Å². The van der Waals surface area contributed by atoms with Gasteiger partial charge in [-0.25, -0.2) is 9.98 Å². The van der Waals surface area contributed by atoms with Gasteiger partial charge >= 0.3 is 0 Å². The Hall–Kier alpha value is -1.82. The molecule has 238 valence electrons. The van der Waals surface area contributed by atoms with Crippen molar-refractivity contribution in [2.45, 2.75) is 117 Å². The number of nitrogens with zero attached hydrogens (tertiary/aromatic N) is 2. The standard InChI is InChI=1S/C25H47Cl2N13O2/c26-18-15(29)9-14(28)16(36-18)22(41)39-24(32)34-12-5-1-10(2-6-12)11-3-7-13(8-4-11)35-25(33)40-23(42)17-20(30)38-21(31)19(27)37-17/h10-21,36-38H,1-9,28-31H2,(H3,32,34,39,41)(H3,33,35,40,42). The van der Waals surface area contributed by atoms with E-state index in [9.17, 15) is 9.59 Å². The molecule has 2 saturated carbocycles. The van der Waals surface area contributed by atoms with Gasteiger partial charge in [0.1, 0.15) is 17.6 Å². The van der Waals surface area contributed by atoms with Crippen molar-refractivity contribution in [1.82, 2.24) is 26.6 Å². The summed E-state index contributed by atoms with van der Waals surface area (Å²) in [5.74, 6) is 0.645. The first-order chi connectivity index (χ1) is 19.9. The summed E-state index contributed by atoms with van der Waals surface area (Å²) >= 11 is 12.2. The maximum absolute atomic E-state index is 12.7. The molecular weight excluding hydrogens is 585 g/mol. The van der Waals surface area contributed by atoms with Gasteiger partial charge in [0.2, 0.25) is 11.8 Å². The molecule has 4 aliphatic rings. The van der Waals surface area contributed by atoms with E-state index in [1.807, 2.05) is 0 Å². The topological polar surface area (TPSA) is 275 Å². The van der Waals surface area contributed by atoms with E-state index in [0.717, 1.165) is 51.4 Å². The van der Waals surface area contributed by atoms with Crippen LogP contribution in [-0.4, -0.2) is 83.3 Å². The second kappa shape index (κ2) is 14.8. The first-order valence-corrected chi connectivity index (χ1v) is 15.7. The summed E-state index contributed by atoms with van der Waals surface area (Å²) in [6.07, 6.45) is 7.04. The number of rotatable bonds is 5. The summed E-state index contributed by atoms with van der Waals surface area (Å²) in [5.41, 5.74) is 34.7. The van der Waals surface area contributed by atoms with Gasteiger partial charge in [-0.1, -0.05) is 0 Å². The van der Waals surface area contributed by atoms with Gasteiger partial charge in [0, 0.05) is 12.1 Å². The van der Waals surface area contributed by atoms with Crippen LogP contribution in [0.3, 0.4) is 0 Å². The molecule has 0 aromatic rings. The predicted molar refractivity (Wildman–Crippen MR) is 164 cm³/mol. The number of carbonyl (C=O) groups excluding carboxylic acids is 2. The van der Waals surface area contributed by atoms with E-state index in [2.05, 4.69) is 36.6 Å². The fraction of sp³-hybridized carbons (Fsp3) is 0.840. The van der Waals surface area contributed by atoms with Crippen LogP contribution in [0.2, 0.25) is 0 Å². The normalized spacial score (nSPS) is 42.0. The summed E-state index contributed by atoms with van der Waals surface area (Å²) in [6.45, 7) is 0. The fourth-order valence-electron chi connectivity index (χ4n) is 6.55. The smallest absolute Gasteiger partial charge is 0.246 e. The third-order valence-electron chi connectivity index (χ3n) is 8.95. The zero-order valence-electron chi connectivity index (χ0n) is 23.7. The lowest BCUT2D eigenvalue weighted by molar-refractivity contribution is -0.123. The molecular formula is C25H47Cl2N13O2. The van der Waals surface area contributed by atoms with Crippen molar-refractivity contribution in [3.8, 4) is 0 Å². The average Bonchev–Trinajstić information content (AvgIpc) is 2.93. The Morgan fingerprint density at radius 3 is 1.57 bits per heavy atom. The number of aliphatic imine (C=N–C) groups is 2. The fourth-order valence-corrected chi connectivity index (χ4v) is 7.00. The van der Waals surface area contributed by atoms with Crippen LogP contribution in [0.15, 0.2) is 9.98 Å². The molecule has 0 spiro atoms. The van der Waals surface area contributed by atoms with Crippen LogP contribution in [0.1, 0.15) is 57.8 Å². The molecule has 0 aromatic heterocycles. The number of piperidine rings is 1. The molecule has 2 amide bonds. The van der Waals surface area contributed by atoms with Crippen molar-refractivity contribution in [2.24, 2.45) is 56.2 Å². The largest absolute Gasteiger partial charge is 0.370 e. The highest BCUT2D eigenvalue weighted by molar-refractivity contribution is 6.21. The number of hydrogen-bond donors (Lipinski definition) is 11. The molecule has 8 atom stereocenters. The minimum Gasteiger partial charge on any atom is -0.370 e. The first kappa shape index (κ1) is 33.1. The van der Waals surface area contributed by atoms with Crippen molar-refractivity contribution in [2.75, 3.05) is 0 Å². The van der Waals surface area contributed by atoms with E-state index >= 15 is 0 Å². The molecule has 4 rings (SSSR count). The van der Waals surface area contributed by atoms with Gasteiger partial charge in [0.05, 0.1) is 29.9 Å². The number of carbonyl (C=O) groups is 2. The number of hydrogen-bond acceptors (Lipinski definition) is 11. The molecule has 15 nitrogen and oxygen atoms in total. The lowest BCUT2D eigenvalue weighted by Gasteiger charge is -2.37. The van der Waals surface area contributed by atoms with Crippen LogP contribution < -0.4 is 61.0 Å². The lowest BCUT2D eigenvalue weighted by atomic mass is 9.71. The number of guanidine groups is 2. The summed E-state index contributed by atoms with van der Waals surface area (Å²) < 4.78 is 0. The summed E-state index contributed by atoms with van der Waals surface area (Å²) in [4.78, 5) is 34.4. The maximum atomic E-state index is 12.7. The third-order valence-corrected chi connectivity index (χ3v) is 9.79. The van der Waals surface area contributed by atoms with Gasteiger partial charge < -0.3 is 34.4 Å². The zero-order valence-corrected chi connectivity index (χ0v) is 25.2. The van der Waals surface area contributed by atoms with Crippen molar-refractivity contribution in [3.05, 3.63) is 0 Å². The lowest BCUT2D eigenvalue weighted by Crippen LogP contribution is -2.73. The van der Waals surface area contributed by atoms with Gasteiger partial charge in [-0.15, -0.1) is 23.2 Å². The number of amides is 2. The quantitative estimate of drug-likeness (QED) is 0.0639. The highest BCUT2D eigenvalue weighted by atomic mass is 35.5. The zero-order chi connectivity index (χ0) is 30.6. The van der Waals surface area contributed by atoms with E-state index in [0.29, 0.717) is 18.3 Å². The second-order valence-corrected chi connectivity index (χ2v) is 13.0. The Balaban J connectivity index is 1.17. The Labute approximate surface area is 256 Å². The molecule has 8 unspecified atom stereocenters. The van der Waals surface area contributed by atoms with Crippen LogP contribution in [0.25, 0.3) is 0 Å². The number of nitrogens with one attached hydrogen (secondary N) is 5. The molecule has 0 aromatic carbocycles. The van der Waals surface area contributed by atoms with Crippen molar-refractivity contribution in [1.29, 1.82) is 0 Å². The van der Waals surface area contributed by atoms with Crippen LogP contribution in [0, 0.1) is 11.8 Å². The molecule has 0 bridgehead atoms. The van der Waals surface area contributed by atoms with Gasteiger partial charge in [-0.2, -0.15) is 0 Å². The number of alkyl halides is 2. The molecule has 17 N–H and O–H groups in total. The third kappa shape index (κ3) is 8.64. The minimum absolute atomic E-state index is 0.0581. The Morgan fingerprint density at radius 2 is 1.07 bits per heavy atom. The highest BCUT2D eigenvalue weighted by Crippen LogP contribution is 2.39. The predicted octanol–water partition coefficient (Wildman–Crippen LogP) is -2.76. The number of piperazine rings is 1. The molecule has 17 heteroatoms. The molecule has 0 radical (unpaired) electrons. The minimum atomic E-state index is -0.784. The summed E-state index contributed by atoms with van der Waals surface area (Å²) in [5, 5.41) is 14.0. The molecule has 2 aliphatic heterocycles. The molecule has 2 heterocycles. The van der Waals surface area contributed by atoms with Crippen molar-refractivity contribution < 1.29 is 9.59 Å². The molecule has 2 aliphatic carbocycles. The van der Waals surface area contributed by atoms with Gasteiger partial charge in [0.25, 0.3) is 0 Å². The van der Waals surface area contributed by atoms with Crippen LogP contribution >= 0.6 is 23.2 Å². The summed E-state index contributed by atoms with van der Waals surface area (Å²) in [6, 6.07) is -2.10. The van der Waals surface area contributed by atoms with Gasteiger partial charge in [-0.3, -0.25) is 36.2 Å². The average molecular weight is 633 g/mol. The van der Waals surface area contributed by atoms with E-state index < -0.39 is 47.4 Å². The van der Waals surface area contributed by atoms with Crippen molar-refractivity contribution >= 4 is 46.9 Å². The number of halogens is 2. The SMILES string of the molecule is NC(=NC1CCC(C2CCC(N=C(N)NC(=O)C3NC(Cl)C(N)NC3N)CC2)CC1)NC(=O)C1NC(Cl)C(N)CC1N. The van der Waals surface area contributed by atoms with E-state index in [1.54, 1.807) is 0 Å². The summed E-state index contributed by atoms with van der Waals surface area (Å²) in [7, 11) is 0.